The zero-order valence-electron chi connectivity index (χ0n) is 11.1. The summed E-state index contributed by atoms with van der Waals surface area (Å²) < 4.78 is 0. The van der Waals surface area contributed by atoms with Crippen molar-refractivity contribution in [1.29, 1.82) is 0 Å². The molecule has 2 fully saturated rings. The van der Waals surface area contributed by atoms with Crippen molar-refractivity contribution in [3.8, 4) is 0 Å². The highest BCUT2D eigenvalue weighted by atomic mass is 32.1. The molecule has 0 bridgehead atoms. The van der Waals surface area contributed by atoms with Crippen molar-refractivity contribution in [2.24, 2.45) is 0 Å². The Bertz CT molecular complexity index is 339. The van der Waals surface area contributed by atoms with E-state index in [-0.39, 0.29) is 0 Å². The van der Waals surface area contributed by atoms with Crippen LogP contribution >= 0.6 is 11.3 Å². The lowest BCUT2D eigenvalue weighted by Gasteiger charge is -2.22. The van der Waals surface area contributed by atoms with E-state index >= 15 is 0 Å². The summed E-state index contributed by atoms with van der Waals surface area (Å²) in [6.45, 7) is 3.56. The summed E-state index contributed by atoms with van der Waals surface area (Å²) in [6, 6.07) is 6.12. The predicted molar refractivity (Wildman–Crippen MR) is 78.0 cm³/mol. The molecule has 0 atom stereocenters. The third kappa shape index (κ3) is 3.56. The van der Waals surface area contributed by atoms with E-state index in [9.17, 15) is 0 Å². The lowest BCUT2D eigenvalue weighted by atomic mass is 10.2. The molecule has 0 radical (unpaired) electrons. The normalized spacial score (nSPS) is 20.9. The summed E-state index contributed by atoms with van der Waals surface area (Å²) >= 11 is 1.89. The Labute approximate surface area is 114 Å². The average Bonchev–Trinajstić information content (AvgIpc) is 2.89. The van der Waals surface area contributed by atoms with Crippen LogP contribution in [0.2, 0.25) is 0 Å². The molecule has 3 rings (SSSR count). The lowest BCUT2D eigenvalue weighted by Crippen LogP contribution is -2.36. The van der Waals surface area contributed by atoms with E-state index in [1.807, 2.05) is 11.3 Å². The summed E-state index contributed by atoms with van der Waals surface area (Å²) in [6.07, 6.45) is 8.48. The minimum atomic E-state index is 0.813. The van der Waals surface area contributed by atoms with Gasteiger partial charge in [0.05, 0.1) is 0 Å². The minimum absolute atomic E-state index is 0.813. The van der Waals surface area contributed by atoms with Gasteiger partial charge in [-0.1, -0.05) is 18.9 Å². The van der Waals surface area contributed by atoms with E-state index < -0.39 is 0 Å². The quantitative estimate of drug-likeness (QED) is 0.813. The van der Waals surface area contributed by atoms with Gasteiger partial charge in [0.15, 0.2) is 0 Å². The molecule has 0 spiro atoms. The van der Waals surface area contributed by atoms with E-state index in [0.717, 1.165) is 18.6 Å². The van der Waals surface area contributed by atoms with Crippen molar-refractivity contribution >= 4 is 11.3 Å². The van der Waals surface area contributed by atoms with Gasteiger partial charge in [-0.25, -0.2) is 0 Å². The first-order valence-electron chi connectivity index (χ1n) is 7.41. The number of hydrogen-bond donors (Lipinski definition) is 1. The Kier molecular flexibility index (Phi) is 4.34. The molecule has 1 heterocycles. The second-order valence-corrected chi connectivity index (χ2v) is 6.75. The van der Waals surface area contributed by atoms with Crippen LogP contribution in [0.5, 0.6) is 0 Å². The fraction of sp³-hybridized carbons (Fsp3) is 0.733. The smallest absolute Gasteiger partial charge is 0.0331 e. The highest BCUT2D eigenvalue weighted by molar-refractivity contribution is 7.09. The first kappa shape index (κ1) is 12.6. The molecule has 2 aliphatic carbocycles. The Balaban J connectivity index is 1.42. The van der Waals surface area contributed by atoms with Gasteiger partial charge in [0, 0.05) is 36.6 Å². The van der Waals surface area contributed by atoms with Crippen molar-refractivity contribution in [2.45, 2.75) is 57.2 Å². The lowest BCUT2D eigenvalue weighted by molar-refractivity contribution is 0.252. The Morgan fingerprint density at radius 2 is 2.06 bits per heavy atom. The van der Waals surface area contributed by atoms with Crippen LogP contribution in [0.4, 0.5) is 0 Å². The molecular weight excluding hydrogens is 240 g/mol. The van der Waals surface area contributed by atoms with E-state index in [1.54, 1.807) is 0 Å². The maximum Gasteiger partial charge on any atom is 0.0331 e. The Morgan fingerprint density at radius 3 is 2.72 bits per heavy atom. The summed E-state index contributed by atoms with van der Waals surface area (Å²) in [7, 11) is 0. The first-order chi connectivity index (χ1) is 8.92. The van der Waals surface area contributed by atoms with Gasteiger partial charge < -0.3 is 5.32 Å². The van der Waals surface area contributed by atoms with Crippen LogP contribution < -0.4 is 5.32 Å². The molecule has 1 N–H and O–H groups in total. The molecule has 0 saturated heterocycles. The highest BCUT2D eigenvalue weighted by Gasteiger charge is 2.28. The maximum atomic E-state index is 3.74. The number of hydrogen-bond acceptors (Lipinski definition) is 3. The molecule has 3 heteroatoms. The highest BCUT2D eigenvalue weighted by Crippen LogP contribution is 2.28. The molecule has 18 heavy (non-hydrogen) atoms. The van der Waals surface area contributed by atoms with E-state index in [4.69, 9.17) is 0 Å². The van der Waals surface area contributed by atoms with E-state index in [0.29, 0.717) is 0 Å². The van der Waals surface area contributed by atoms with Crippen molar-refractivity contribution < 1.29 is 0 Å². The Morgan fingerprint density at radius 1 is 1.22 bits per heavy atom. The SMILES string of the molecule is c1csc(CN(CCNC2CCCC2)C2CC2)c1. The number of rotatable bonds is 7. The van der Waals surface area contributed by atoms with Crippen LogP contribution in [0.1, 0.15) is 43.4 Å². The third-order valence-electron chi connectivity index (χ3n) is 4.19. The van der Waals surface area contributed by atoms with E-state index in [2.05, 4.69) is 27.7 Å². The fourth-order valence-corrected chi connectivity index (χ4v) is 3.70. The molecule has 2 nitrogen and oxygen atoms in total. The minimum Gasteiger partial charge on any atom is -0.313 e. The van der Waals surface area contributed by atoms with Crippen LogP contribution in [0.3, 0.4) is 0 Å². The van der Waals surface area contributed by atoms with Gasteiger partial charge in [-0.2, -0.15) is 0 Å². The second kappa shape index (κ2) is 6.18. The van der Waals surface area contributed by atoms with Gasteiger partial charge >= 0.3 is 0 Å². The van der Waals surface area contributed by atoms with Gasteiger partial charge in [-0.15, -0.1) is 11.3 Å². The zero-order chi connectivity index (χ0) is 12.2. The van der Waals surface area contributed by atoms with Crippen molar-refractivity contribution in [2.75, 3.05) is 13.1 Å². The molecule has 100 valence electrons. The van der Waals surface area contributed by atoms with Gasteiger partial charge in [0.25, 0.3) is 0 Å². The van der Waals surface area contributed by atoms with Crippen molar-refractivity contribution in [3.63, 3.8) is 0 Å². The second-order valence-electron chi connectivity index (χ2n) is 5.72. The molecule has 0 aromatic carbocycles. The van der Waals surface area contributed by atoms with Gasteiger partial charge in [-0.05, 0) is 37.1 Å². The maximum absolute atomic E-state index is 3.74. The van der Waals surface area contributed by atoms with Crippen LogP contribution in [0.25, 0.3) is 0 Å². The van der Waals surface area contributed by atoms with Crippen LogP contribution in [-0.4, -0.2) is 30.1 Å². The molecule has 0 unspecified atom stereocenters. The molecule has 2 saturated carbocycles. The molecule has 0 amide bonds. The fourth-order valence-electron chi connectivity index (χ4n) is 2.98. The molecule has 1 aromatic heterocycles. The Hall–Kier alpha value is -0.380. The van der Waals surface area contributed by atoms with Crippen molar-refractivity contribution in [3.05, 3.63) is 22.4 Å². The summed E-state index contributed by atoms with van der Waals surface area (Å²) in [5, 5.41) is 5.93. The first-order valence-corrected chi connectivity index (χ1v) is 8.29. The molecule has 1 aromatic rings. The number of nitrogens with zero attached hydrogens (tertiary/aromatic N) is 1. The molecule has 0 aliphatic heterocycles. The topological polar surface area (TPSA) is 15.3 Å². The summed E-state index contributed by atoms with van der Waals surface area (Å²) in [5.41, 5.74) is 0. The predicted octanol–water partition coefficient (Wildman–Crippen LogP) is 3.24. The van der Waals surface area contributed by atoms with Crippen LogP contribution in [0, 0.1) is 0 Å². The number of thiophene rings is 1. The molecular formula is C15H24N2S. The van der Waals surface area contributed by atoms with Gasteiger partial charge in [-0.3, -0.25) is 4.90 Å². The monoisotopic (exact) mass is 264 g/mol. The van der Waals surface area contributed by atoms with Gasteiger partial charge in [0.1, 0.15) is 0 Å². The van der Waals surface area contributed by atoms with Crippen molar-refractivity contribution in [1.82, 2.24) is 10.2 Å². The zero-order valence-corrected chi connectivity index (χ0v) is 11.9. The standard InChI is InChI=1S/C15H24N2S/c1-2-5-13(4-1)16-9-10-17(14-7-8-14)12-15-6-3-11-18-15/h3,6,11,13-14,16H,1-2,4-5,7-10,12H2. The third-order valence-corrected chi connectivity index (χ3v) is 5.05. The summed E-state index contributed by atoms with van der Waals surface area (Å²) in [4.78, 5) is 4.19. The summed E-state index contributed by atoms with van der Waals surface area (Å²) in [5.74, 6) is 0. The van der Waals surface area contributed by atoms with Gasteiger partial charge in [0.2, 0.25) is 0 Å². The van der Waals surface area contributed by atoms with Crippen LogP contribution in [0.15, 0.2) is 17.5 Å². The van der Waals surface area contributed by atoms with Crippen LogP contribution in [-0.2, 0) is 6.54 Å². The average molecular weight is 264 g/mol. The largest absolute Gasteiger partial charge is 0.313 e. The van der Waals surface area contributed by atoms with E-state index in [1.165, 1.54) is 56.5 Å². The molecule has 2 aliphatic rings. The number of nitrogens with one attached hydrogen (secondary N) is 1.